The number of nitrogens with one attached hydrogen (secondary N) is 3. The van der Waals surface area contributed by atoms with Crippen LogP contribution in [0.3, 0.4) is 0 Å². The van der Waals surface area contributed by atoms with Gasteiger partial charge in [-0.15, -0.1) is 11.8 Å². The zero-order valence-electron chi connectivity index (χ0n) is 22.8. The van der Waals surface area contributed by atoms with E-state index in [0.717, 1.165) is 17.0 Å². The van der Waals surface area contributed by atoms with E-state index in [0.29, 0.717) is 55.6 Å². The molecule has 0 spiro atoms. The standard InChI is InChI=1S/C25H33F3N6O4S3/c1-5-6-17(2)39-15-18(10-12-34(3)4)32-21-8-7-19(13-23(21)40(35,36)25(26,27)28)41(37,38)33-24-20-9-11-29-14-22(20)30-16-31-24/h5-8,13,16,18,29,32H,2,9-12,14-15H2,1,3-4H3,(H,30,31,33)/b6-5-/t18-/m1/s1. The Morgan fingerprint density at radius 2 is 1.98 bits per heavy atom. The third-order valence-electron chi connectivity index (χ3n) is 6.07. The van der Waals surface area contributed by atoms with Crippen molar-refractivity contribution in [1.29, 1.82) is 0 Å². The van der Waals surface area contributed by atoms with Crippen LogP contribution in [0.15, 0.2) is 58.0 Å². The fraction of sp³-hybridized carbons (Fsp3) is 0.440. The van der Waals surface area contributed by atoms with Gasteiger partial charge < -0.3 is 15.5 Å². The highest BCUT2D eigenvalue weighted by atomic mass is 32.2. The molecule has 1 aliphatic rings. The van der Waals surface area contributed by atoms with Gasteiger partial charge in [-0.05, 0) is 70.1 Å². The lowest BCUT2D eigenvalue weighted by atomic mass is 10.1. The second-order valence-corrected chi connectivity index (χ2v) is 14.2. The van der Waals surface area contributed by atoms with Gasteiger partial charge in [-0.2, -0.15) is 13.2 Å². The predicted molar refractivity (Wildman–Crippen MR) is 155 cm³/mol. The van der Waals surface area contributed by atoms with Crippen LogP contribution in [0.2, 0.25) is 0 Å². The molecule has 2 heterocycles. The smallest absolute Gasteiger partial charge is 0.380 e. The number of alkyl halides is 3. The predicted octanol–water partition coefficient (Wildman–Crippen LogP) is 3.77. The quantitative estimate of drug-likeness (QED) is 0.280. The highest BCUT2D eigenvalue weighted by Gasteiger charge is 2.48. The van der Waals surface area contributed by atoms with Crippen LogP contribution in [0.1, 0.15) is 24.6 Å². The van der Waals surface area contributed by atoms with Crippen molar-refractivity contribution in [3.05, 3.63) is 59.4 Å². The molecule has 1 aromatic heterocycles. The maximum absolute atomic E-state index is 13.8. The minimum atomic E-state index is -5.93. The number of hydrogen-bond acceptors (Lipinski definition) is 10. The van der Waals surface area contributed by atoms with Gasteiger partial charge in [0.1, 0.15) is 17.0 Å². The largest absolute Gasteiger partial charge is 0.501 e. The SMILES string of the molecule is C=C(/C=C\C)SC[C@@H](CCN(C)C)Nc1ccc(S(=O)(=O)Nc2ncnc3c2CCNC3)cc1S(=O)(=O)C(F)(F)F. The molecule has 0 radical (unpaired) electrons. The lowest BCUT2D eigenvalue weighted by Gasteiger charge is -2.24. The molecule has 0 amide bonds. The van der Waals surface area contributed by atoms with Crippen molar-refractivity contribution in [3.63, 3.8) is 0 Å². The first-order valence-corrected chi connectivity index (χ1v) is 16.5. The molecule has 0 saturated carbocycles. The molecule has 10 nitrogen and oxygen atoms in total. The van der Waals surface area contributed by atoms with Crippen molar-refractivity contribution >= 4 is 43.1 Å². The van der Waals surface area contributed by atoms with Crippen molar-refractivity contribution < 1.29 is 30.0 Å². The normalized spacial score (nSPS) is 15.1. The molecule has 0 bridgehead atoms. The minimum Gasteiger partial charge on any atom is -0.380 e. The van der Waals surface area contributed by atoms with E-state index in [4.69, 9.17) is 0 Å². The van der Waals surface area contributed by atoms with Gasteiger partial charge in [-0.1, -0.05) is 18.7 Å². The number of thioether (sulfide) groups is 1. The summed E-state index contributed by atoms with van der Waals surface area (Å²) in [5, 5.41) is 6.01. The number of sulfone groups is 1. The molecule has 41 heavy (non-hydrogen) atoms. The van der Waals surface area contributed by atoms with Gasteiger partial charge in [0.25, 0.3) is 19.9 Å². The molecular weight excluding hydrogens is 602 g/mol. The fourth-order valence-electron chi connectivity index (χ4n) is 3.97. The molecular formula is C25H33F3N6O4S3. The van der Waals surface area contributed by atoms with Crippen LogP contribution in [0.25, 0.3) is 0 Å². The van der Waals surface area contributed by atoms with Crippen molar-refractivity contribution in [2.75, 3.05) is 43.0 Å². The first-order chi connectivity index (χ1) is 19.2. The Morgan fingerprint density at radius 1 is 1.24 bits per heavy atom. The summed E-state index contributed by atoms with van der Waals surface area (Å²) >= 11 is 1.36. The number of anilines is 2. The second kappa shape index (κ2) is 13.5. The van der Waals surface area contributed by atoms with E-state index in [1.807, 2.05) is 25.9 Å². The summed E-state index contributed by atoms with van der Waals surface area (Å²) in [7, 11) is -6.78. The topological polar surface area (TPSA) is 133 Å². The van der Waals surface area contributed by atoms with Gasteiger partial charge in [0.15, 0.2) is 0 Å². The van der Waals surface area contributed by atoms with Gasteiger partial charge >= 0.3 is 5.51 Å². The number of benzene rings is 1. The van der Waals surface area contributed by atoms with Crippen LogP contribution in [-0.2, 0) is 32.8 Å². The summed E-state index contributed by atoms with van der Waals surface area (Å²) in [5.74, 6) is 0.360. The van der Waals surface area contributed by atoms with Crippen LogP contribution < -0.4 is 15.4 Å². The van der Waals surface area contributed by atoms with Crippen LogP contribution in [0.4, 0.5) is 24.7 Å². The van der Waals surface area contributed by atoms with Gasteiger partial charge in [-0.3, -0.25) is 4.72 Å². The Kier molecular flexibility index (Phi) is 10.9. The van der Waals surface area contributed by atoms with Crippen LogP contribution in [-0.4, -0.2) is 76.2 Å². The van der Waals surface area contributed by atoms with E-state index >= 15 is 0 Å². The Labute approximate surface area is 242 Å². The minimum absolute atomic E-state index is 0.0129. The van der Waals surface area contributed by atoms with Gasteiger partial charge in [-0.25, -0.2) is 26.8 Å². The molecule has 3 N–H and O–H groups in total. The molecule has 1 aromatic carbocycles. The van der Waals surface area contributed by atoms with Crippen molar-refractivity contribution in [2.24, 2.45) is 0 Å². The first kappa shape index (κ1) is 32.8. The number of fused-ring (bicyclic) bond motifs is 1. The van der Waals surface area contributed by atoms with Crippen LogP contribution >= 0.6 is 11.8 Å². The van der Waals surface area contributed by atoms with Crippen molar-refractivity contribution in [3.8, 4) is 0 Å². The summed E-state index contributed by atoms with van der Waals surface area (Å²) in [5.41, 5.74) is -4.88. The molecule has 0 unspecified atom stereocenters. The maximum Gasteiger partial charge on any atom is 0.501 e. The Morgan fingerprint density at radius 3 is 2.63 bits per heavy atom. The number of aromatic nitrogens is 2. The molecule has 1 aliphatic heterocycles. The highest BCUT2D eigenvalue weighted by Crippen LogP contribution is 2.37. The molecule has 0 saturated heterocycles. The number of allylic oxidation sites excluding steroid dienone is 2. The zero-order valence-corrected chi connectivity index (χ0v) is 25.3. The number of hydrogen-bond donors (Lipinski definition) is 3. The third-order valence-corrected chi connectivity index (χ3v) is 10.0. The second-order valence-electron chi connectivity index (χ2n) is 9.50. The first-order valence-electron chi connectivity index (χ1n) is 12.5. The Balaban J connectivity index is 2.02. The number of halogens is 3. The summed E-state index contributed by atoms with van der Waals surface area (Å²) in [6.07, 6.45) is 5.65. The fourth-order valence-corrected chi connectivity index (χ4v) is 6.96. The molecule has 2 aromatic rings. The summed E-state index contributed by atoms with van der Waals surface area (Å²) in [6.45, 7) is 7.25. The van der Waals surface area contributed by atoms with E-state index < -0.39 is 41.2 Å². The van der Waals surface area contributed by atoms with Gasteiger partial charge in [0, 0.05) is 23.9 Å². The summed E-state index contributed by atoms with van der Waals surface area (Å²) in [4.78, 5) is 8.88. The van der Waals surface area contributed by atoms with E-state index in [1.54, 1.807) is 12.2 Å². The lowest BCUT2D eigenvalue weighted by molar-refractivity contribution is -0.0435. The van der Waals surface area contributed by atoms with E-state index in [1.165, 1.54) is 18.1 Å². The van der Waals surface area contributed by atoms with Gasteiger partial charge in [0.2, 0.25) is 0 Å². The monoisotopic (exact) mass is 634 g/mol. The molecule has 16 heteroatoms. The Hall–Kier alpha value is -2.66. The molecule has 1 atom stereocenters. The van der Waals surface area contributed by atoms with E-state index in [-0.39, 0.29) is 11.5 Å². The van der Waals surface area contributed by atoms with Crippen molar-refractivity contribution in [1.82, 2.24) is 20.2 Å². The molecule has 0 fully saturated rings. The molecule has 3 rings (SSSR count). The number of rotatable bonds is 13. The zero-order chi connectivity index (χ0) is 30.4. The van der Waals surface area contributed by atoms with Crippen LogP contribution in [0, 0.1) is 0 Å². The number of sulfonamides is 1. The Bertz CT molecular complexity index is 1500. The van der Waals surface area contributed by atoms with E-state index in [2.05, 4.69) is 31.9 Å². The third kappa shape index (κ3) is 8.44. The average molecular weight is 635 g/mol. The van der Waals surface area contributed by atoms with Crippen molar-refractivity contribution in [2.45, 2.75) is 47.7 Å². The van der Waals surface area contributed by atoms with E-state index in [9.17, 15) is 30.0 Å². The lowest BCUT2D eigenvalue weighted by Crippen LogP contribution is -2.30. The van der Waals surface area contributed by atoms with Crippen LogP contribution in [0.5, 0.6) is 0 Å². The molecule has 0 aliphatic carbocycles. The summed E-state index contributed by atoms with van der Waals surface area (Å²) in [6, 6.07) is 2.16. The van der Waals surface area contributed by atoms with Gasteiger partial charge in [0.05, 0.1) is 16.3 Å². The maximum atomic E-state index is 13.8. The highest BCUT2D eigenvalue weighted by molar-refractivity contribution is 8.03. The average Bonchev–Trinajstić information content (AvgIpc) is 2.89. The molecule has 226 valence electrons. The summed E-state index contributed by atoms with van der Waals surface area (Å²) < 4.78 is 95.4. The number of nitrogens with zero attached hydrogens (tertiary/aromatic N) is 3.